The van der Waals surface area contributed by atoms with Crippen LogP contribution in [0.2, 0.25) is 0 Å². The Kier molecular flexibility index (Phi) is 95.7. The van der Waals surface area contributed by atoms with Crippen LogP contribution in [0.25, 0.3) is 5.57 Å². The van der Waals surface area contributed by atoms with Gasteiger partial charge in [-0.3, -0.25) is 0 Å². The fraction of sp³-hybridized carbons (Fsp3) is 0.742. The minimum absolute atomic E-state index is 0.237. The third-order valence-corrected chi connectivity index (χ3v) is 8.99. The Balaban J connectivity index is -0.0000000469. The summed E-state index contributed by atoms with van der Waals surface area (Å²) >= 11 is 0. The van der Waals surface area contributed by atoms with E-state index in [1.54, 1.807) is 11.1 Å². The molecule has 0 radical (unpaired) electrons. The summed E-state index contributed by atoms with van der Waals surface area (Å²) in [7, 11) is 0. The second-order valence-electron chi connectivity index (χ2n) is 14.7. The first-order valence-electron chi connectivity index (χ1n) is 26.8. The highest BCUT2D eigenvalue weighted by molar-refractivity contribution is 5.78. The van der Waals surface area contributed by atoms with E-state index in [9.17, 15) is 0 Å². The minimum atomic E-state index is 0.237. The Bertz CT molecular complexity index is 1070. The van der Waals surface area contributed by atoms with Gasteiger partial charge in [-0.25, -0.2) is 0 Å². The molecule has 0 fully saturated rings. The number of hydrogen-bond acceptors (Lipinski definition) is 0. The van der Waals surface area contributed by atoms with Crippen LogP contribution < -0.4 is 0 Å². The summed E-state index contributed by atoms with van der Waals surface area (Å²) in [6.45, 7) is 81.9. The average Bonchev–Trinajstić information content (AvgIpc) is 3.69. The average molecular weight is 878 g/mol. The first-order valence-corrected chi connectivity index (χ1v) is 26.8. The molecule has 2 aromatic rings. The highest BCUT2D eigenvalue weighted by Gasteiger charge is 2.32. The number of benzene rings is 2. The summed E-state index contributed by atoms with van der Waals surface area (Å²) in [5.74, 6) is 0. The topological polar surface area (TPSA) is 0 Å². The van der Waals surface area contributed by atoms with Crippen LogP contribution in [0.15, 0.2) is 71.3 Å². The van der Waals surface area contributed by atoms with Crippen molar-refractivity contribution >= 4 is 5.57 Å². The van der Waals surface area contributed by atoms with Gasteiger partial charge in [0.1, 0.15) is 0 Å². The van der Waals surface area contributed by atoms with E-state index < -0.39 is 0 Å². The fourth-order valence-electron chi connectivity index (χ4n) is 4.62. The molecule has 0 heterocycles. The van der Waals surface area contributed by atoms with Crippen molar-refractivity contribution < 1.29 is 0 Å². The molecule has 0 saturated heterocycles. The van der Waals surface area contributed by atoms with Crippen molar-refractivity contribution in [1.29, 1.82) is 0 Å². The molecule has 0 unspecified atom stereocenters. The summed E-state index contributed by atoms with van der Waals surface area (Å²) in [5, 5.41) is 0. The van der Waals surface area contributed by atoms with E-state index in [2.05, 4.69) is 158 Å². The summed E-state index contributed by atoms with van der Waals surface area (Å²) in [4.78, 5) is 0. The van der Waals surface area contributed by atoms with Gasteiger partial charge in [0.15, 0.2) is 0 Å². The SMILES string of the molecule is CC.CC.CC.CC.CC.CC.CC.CC.CC.CC.CC.CC.CC(C)(C)c1ccccc1.CC1=C(C)C(C)(C)CC1.CC1=C(C)C(C)(C)c2ccccc21.CCC(C)(C)C. The van der Waals surface area contributed by atoms with Gasteiger partial charge >= 0.3 is 0 Å². The molecule has 0 N–H and O–H groups in total. The maximum Gasteiger partial charge on any atom is 0.0114 e. The normalized spacial score (nSPS) is 11.9. The molecule has 4 rings (SSSR count). The van der Waals surface area contributed by atoms with Crippen molar-refractivity contribution in [2.45, 2.75) is 300 Å². The zero-order valence-corrected chi connectivity index (χ0v) is 51.8. The van der Waals surface area contributed by atoms with Gasteiger partial charge in [-0.1, -0.05) is 320 Å². The third kappa shape index (κ3) is 48.9. The Morgan fingerprint density at radius 1 is 0.435 bits per heavy atom. The Hall–Kier alpha value is -2.08. The van der Waals surface area contributed by atoms with Gasteiger partial charge in [0.05, 0.1) is 0 Å². The van der Waals surface area contributed by atoms with Gasteiger partial charge in [-0.15, -0.1) is 0 Å². The first kappa shape index (κ1) is 90.6. The molecule has 0 aromatic heterocycles. The zero-order chi connectivity index (χ0) is 53.5. The van der Waals surface area contributed by atoms with Crippen molar-refractivity contribution in [3.8, 4) is 0 Å². The molecule has 0 saturated carbocycles. The van der Waals surface area contributed by atoms with Crippen molar-refractivity contribution in [2.75, 3.05) is 0 Å². The molecule has 2 aliphatic carbocycles. The van der Waals surface area contributed by atoms with Crippen LogP contribution in [0.4, 0.5) is 0 Å². The lowest BCUT2D eigenvalue weighted by molar-refractivity contribution is 0.398. The minimum Gasteiger partial charge on any atom is -0.0738 e. The predicted molar refractivity (Wildman–Crippen MR) is 310 cm³/mol. The molecule has 0 amide bonds. The molecule has 62 heavy (non-hydrogen) atoms. The largest absolute Gasteiger partial charge is 0.0738 e. The molecular weight excluding hydrogens is 745 g/mol. The van der Waals surface area contributed by atoms with Crippen LogP contribution in [0.5, 0.6) is 0 Å². The zero-order valence-electron chi connectivity index (χ0n) is 51.8. The van der Waals surface area contributed by atoms with Crippen LogP contribution in [0.3, 0.4) is 0 Å². The summed E-state index contributed by atoms with van der Waals surface area (Å²) in [6.07, 6.45) is 3.94. The number of hydrogen-bond donors (Lipinski definition) is 0. The number of fused-ring (bicyclic) bond motifs is 1. The molecule has 0 bridgehead atoms. The lowest BCUT2D eigenvalue weighted by Crippen LogP contribution is -2.15. The first-order chi connectivity index (χ1) is 29.3. The van der Waals surface area contributed by atoms with E-state index in [1.165, 1.54) is 47.1 Å². The van der Waals surface area contributed by atoms with Crippen LogP contribution in [0, 0.1) is 10.8 Å². The molecule has 2 aromatic carbocycles. The third-order valence-electron chi connectivity index (χ3n) is 8.99. The molecule has 0 nitrogen and oxygen atoms in total. The van der Waals surface area contributed by atoms with Crippen LogP contribution >= 0.6 is 0 Å². The van der Waals surface area contributed by atoms with Crippen molar-refractivity contribution in [1.82, 2.24) is 0 Å². The van der Waals surface area contributed by atoms with Crippen molar-refractivity contribution in [3.63, 3.8) is 0 Å². The maximum absolute atomic E-state index is 2.33. The molecule has 2 aliphatic rings. The summed E-state index contributed by atoms with van der Waals surface area (Å²) < 4.78 is 0. The Morgan fingerprint density at radius 2 is 0.726 bits per heavy atom. The van der Waals surface area contributed by atoms with E-state index in [0.29, 0.717) is 16.2 Å². The van der Waals surface area contributed by atoms with Gasteiger partial charge < -0.3 is 0 Å². The highest BCUT2D eigenvalue weighted by atomic mass is 14.4. The highest BCUT2D eigenvalue weighted by Crippen LogP contribution is 2.45. The van der Waals surface area contributed by atoms with Gasteiger partial charge in [0.2, 0.25) is 0 Å². The summed E-state index contributed by atoms with van der Waals surface area (Å²) in [5.41, 5.74) is 12.1. The quantitative estimate of drug-likeness (QED) is 0.231. The summed E-state index contributed by atoms with van der Waals surface area (Å²) in [6, 6.07) is 19.3. The van der Waals surface area contributed by atoms with Gasteiger partial charge in [0.25, 0.3) is 0 Å². The predicted octanol–water partition coefficient (Wildman–Crippen LogP) is 24.7. The Morgan fingerprint density at radius 3 is 0.919 bits per heavy atom. The van der Waals surface area contributed by atoms with Gasteiger partial charge in [-0.05, 0) is 79.0 Å². The molecule has 0 spiro atoms. The number of rotatable bonds is 0. The lowest BCUT2D eigenvalue weighted by atomic mass is 9.82. The lowest BCUT2D eigenvalue weighted by Gasteiger charge is -2.22. The second kappa shape index (κ2) is 65.5. The second-order valence-corrected chi connectivity index (χ2v) is 14.7. The van der Waals surface area contributed by atoms with Crippen LogP contribution in [-0.2, 0) is 10.8 Å². The van der Waals surface area contributed by atoms with Crippen molar-refractivity contribution in [3.05, 3.63) is 88.0 Å². The number of allylic oxidation sites excluding steroid dienone is 4. The monoisotopic (exact) mass is 877 g/mol. The molecule has 0 heteroatoms. The smallest absolute Gasteiger partial charge is 0.0114 e. The van der Waals surface area contributed by atoms with Gasteiger partial charge in [0, 0.05) is 5.41 Å². The van der Waals surface area contributed by atoms with Crippen LogP contribution in [0.1, 0.15) is 306 Å². The van der Waals surface area contributed by atoms with E-state index in [0.717, 1.165) is 0 Å². The molecule has 380 valence electrons. The molecular formula is C62H132. The van der Waals surface area contributed by atoms with Crippen LogP contribution in [-0.4, -0.2) is 0 Å². The van der Waals surface area contributed by atoms with Gasteiger partial charge in [-0.2, -0.15) is 0 Å². The molecule has 0 atom stereocenters. The maximum atomic E-state index is 2.33. The van der Waals surface area contributed by atoms with E-state index in [-0.39, 0.29) is 5.41 Å². The Labute approximate surface area is 402 Å². The van der Waals surface area contributed by atoms with E-state index in [4.69, 9.17) is 0 Å². The van der Waals surface area contributed by atoms with Crippen molar-refractivity contribution in [2.24, 2.45) is 10.8 Å². The standard InChI is InChI=1S/C13H16.C10H14.C9H16.C6H14.12C2H6/c1-9-10(2)13(3,4)12-8-6-5-7-11(9)12;1-10(2,3)9-7-5-4-6-8-9;1-7-5-6-9(3,4)8(7)2;1-5-6(2,3)4;12*1-2/h5-8H,1-4H3;4-8H,1-3H3;5-6H2,1-4H3;5H2,1-4H3;12*1-2H3. The van der Waals surface area contributed by atoms with E-state index >= 15 is 0 Å². The van der Waals surface area contributed by atoms with E-state index in [1.807, 2.05) is 166 Å². The molecule has 0 aliphatic heterocycles. The fourth-order valence-corrected chi connectivity index (χ4v) is 4.62.